The lowest BCUT2D eigenvalue weighted by Gasteiger charge is -2.34. The Morgan fingerprint density at radius 1 is 1.07 bits per heavy atom. The van der Waals surface area contributed by atoms with Crippen LogP contribution in [0.2, 0.25) is 0 Å². The molecule has 0 radical (unpaired) electrons. The minimum Gasteiger partial charge on any atom is -0.462 e. The number of fused-ring (bicyclic) bond motifs is 4. The second kappa shape index (κ2) is 6.50. The highest BCUT2D eigenvalue weighted by Gasteiger charge is 2.48. The van der Waals surface area contributed by atoms with Gasteiger partial charge < -0.3 is 19.9 Å². The summed E-state index contributed by atoms with van der Waals surface area (Å²) in [5.74, 6) is 1.15. The first-order valence-electron chi connectivity index (χ1n) is 9.57. The Balaban J connectivity index is 1.73. The fraction of sp³-hybridized carbons (Fsp3) is 0.273. The van der Waals surface area contributed by atoms with E-state index in [4.69, 9.17) is 24.9 Å². The van der Waals surface area contributed by atoms with Gasteiger partial charge in [-0.2, -0.15) is 10.2 Å². The van der Waals surface area contributed by atoms with Crippen LogP contribution in [0.4, 0.5) is 0 Å². The molecule has 0 amide bonds. The van der Waals surface area contributed by atoms with Gasteiger partial charge in [0.15, 0.2) is 5.54 Å². The molecule has 2 aliphatic rings. The maximum atomic E-state index is 6.15. The van der Waals surface area contributed by atoms with Crippen LogP contribution in [0.25, 0.3) is 11.1 Å². The van der Waals surface area contributed by atoms with E-state index in [9.17, 15) is 0 Å². The van der Waals surface area contributed by atoms with Gasteiger partial charge in [0.05, 0.1) is 23.6 Å². The van der Waals surface area contributed by atoms with Gasteiger partial charge in [0.2, 0.25) is 5.88 Å². The summed E-state index contributed by atoms with van der Waals surface area (Å²) in [6.45, 7) is 4.23. The van der Waals surface area contributed by atoms with Crippen LogP contribution in [0, 0.1) is 0 Å². The first-order chi connectivity index (χ1) is 14.4. The highest BCUT2D eigenvalue weighted by molar-refractivity contribution is 5.77. The normalized spacial score (nSPS) is 19.5. The zero-order chi connectivity index (χ0) is 20.9. The summed E-state index contributed by atoms with van der Waals surface area (Å²) in [6, 6.07) is 9.98. The van der Waals surface area contributed by atoms with Crippen molar-refractivity contribution in [2.45, 2.75) is 25.0 Å². The molecule has 1 spiro atoms. The average molecular weight is 403 g/mol. The van der Waals surface area contributed by atoms with Crippen LogP contribution in [0.5, 0.6) is 11.6 Å². The van der Waals surface area contributed by atoms with E-state index in [1.807, 2.05) is 44.2 Å². The number of methoxy groups -OCH3 is 1. The predicted molar refractivity (Wildman–Crippen MR) is 110 cm³/mol. The molecule has 1 aromatic carbocycles. The number of hydrogen-bond acceptors (Lipinski definition) is 8. The molecule has 3 aromatic rings. The molecule has 8 heteroatoms. The summed E-state index contributed by atoms with van der Waals surface area (Å²) in [6.07, 6.45) is 5.14. The molecule has 0 bridgehead atoms. The highest BCUT2D eigenvalue weighted by Crippen LogP contribution is 2.51. The van der Waals surface area contributed by atoms with Crippen molar-refractivity contribution >= 4 is 6.02 Å². The standard InChI is InChI=1S/C22H21N5O3/c1-21(2,28-3)15-9-17-19(24-11-15)30-18-5-4-13(14-6-7-25-26-10-14)8-16(18)22(17)12-29-20(23)27-22/h4-11H,12H2,1-3H3,(H2,23,27)/t22-/m1/s1. The van der Waals surface area contributed by atoms with Crippen molar-refractivity contribution in [1.82, 2.24) is 15.2 Å². The van der Waals surface area contributed by atoms with Gasteiger partial charge in [-0.25, -0.2) is 9.98 Å². The fourth-order valence-corrected chi connectivity index (χ4v) is 3.82. The van der Waals surface area contributed by atoms with Crippen molar-refractivity contribution < 1.29 is 14.2 Å². The Morgan fingerprint density at radius 3 is 2.63 bits per heavy atom. The number of nitrogens with two attached hydrogens (primary N) is 1. The predicted octanol–water partition coefficient (Wildman–Crippen LogP) is 3.11. The van der Waals surface area contributed by atoms with Gasteiger partial charge >= 0.3 is 0 Å². The zero-order valence-corrected chi connectivity index (χ0v) is 16.9. The summed E-state index contributed by atoms with van der Waals surface area (Å²) in [7, 11) is 1.67. The molecule has 0 aliphatic carbocycles. The third-order valence-electron chi connectivity index (χ3n) is 5.78. The van der Waals surface area contributed by atoms with Crippen molar-refractivity contribution in [2.75, 3.05) is 13.7 Å². The Bertz CT molecular complexity index is 1160. The topological polar surface area (TPSA) is 105 Å². The molecule has 2 aliphatic heterocycles. The molecule has 0 fully saturated rings. The van der Waals surface area contributed by atoms with E-state index in [1.54, 1.807) is 25.7 Å². The van der Waals surface area contributed by atoms with Crippen molar-refractivity contribution in [1.29, 1.82) is 0 Å². The second-order valence-electron chi connectivity index (χ2n) is 7.83. The van der Waals surface area contributed by atoms with E-state index < -0.39 is 11.1 Å². The second-order valence-corrected chi connectivity index (χ2v) is 7.83. The maximum absolute atomic E-state index is 6.15. The lowest BCUT2D eigenvalue weighted by molar-refractivity contribution is 0.0187. The van der Waals surface area contributed by atoms with Crippen molar-refractivity contribution in [3.05, 3.63) is 65.6 Å². The number of pyridine rings is 1. The van der Waals surface area contributed by atoms with Crippen LogP contribution >= 0.6 is 0 Å². The molecule has 152 valence electrons. The minimum absolute atomic E-state index is 0.140. The highest BCUT2D eigenvalue weighted by atomic mass is 16.5. The molecule has 4 heterocycles. The number of ether oxygens (including phenoxy) is 3. The van der Waals surface area contributed by atoms with Crippen molar-refractivity contribution in [3.63, 3.8) is 0 Å². The molecular formula is C22H21N5O3. The van der Waals surface area contributed by atoms with Crippen LogP contribution < -0.4 is 10.5 Å². The van der Waals surface area contributed by atoms with Gasteiger partial charge in [0.1, 0.15) is 12.4 Å². The Labute approximate surface area is 173 Å². The third-order valence-corrected chi connectivity index (χ3v) is 5.78. The molecule has 0 saturated carbocycles. The number of aliphatic imine (C=N–C) groups is 1. The maximum Gasteiger partial charge on any atom is 0.283 e. The quantitative estimate of drug-likeness (QED) is 0.716. The van der Waals surface area contributed by atoms with Crippen LogP contribution in [0.1, 0.15) is 30.5 Å². The van der Waals surface area contributed by atoms with Crippen LogP contribution in [0.3, 0.4) is 0 Å². The molecule has 2 aromatic heterocycles. The number of amidine groups is 1. The molecule has 8 nitrogen and oxygen atoms in total. The summed E-state index contributed by atoms with van der Waals surface area (Å²) in [5, 5.41) is 7.84. The number of rotatable bonds is 3. The molecule has 0 unspecified atom stereocenters. The third kappa shape index (κ3) is 2.72. The van der Waals surface area contributed by atoms with E-state index in [1.165, 1.54) is 0 Å². The smallest absolute Gasteiger partial charge is 0.283 e. The van der Waals surface area contributed by atoms with E-state index >= 15 is 0 Å². The van der Waals surface area contributed by atoms with E-state index in [2.05, 4.69) is 15.2 Å². The summed E-state index contributed by atoms with van der Waals surface area (Å²) < 4.78 is 17.4. The first-order valence-corrected chi connectivity index (χ1v) is 9.57. The fourth-order valence-electron chi connectivity index (χ4n) is 3.82. The summed E-state index contributed by atoms with van der Waals surface area (Å²) >= 11 is 0. The molecule has 0 saturated heterocycles. The van der Waals surface area contributed by atoms with E-state index in [0.29, 0.717) is 11.6 Å². The van der Waals surface area contributed by atoms with Gasteiger partial charge in [0.25, 0.3) is 6.02 Å². The van der Waals surface area contributed by atoms with Gasteiger partial charge in [-0.15, -0.1) is 0 Å². The molecule has 30 heavy (non-hydrogen) atoms. The summed E-state index contributed by atoms with van der Waals surface area (Å²) in [5.41, 5.74) is 9.07. The van der Waals surface area contributed by atoms with Crippen LogP contribution in [-0.2, 0) is 20.6 Å². The first kappa shape index (κ1) is 18.5. The molecule has 1 atom stereocenters. The SMILES string of the molecule is COC(C)(C)c1cnc2c(c1)[C@@]1(COC(N)=N1)c1cc(-c3ccnnc3)ccc1O2. The van der Waals surface area contributed by atoms with Gasteiger partial charge in [-0.05, 0) is 43.7 Å². The number of hydrogen-bond donors (Lipinski definition) is 1. The molecule has 5 rings (SSSR count). The lowest BCUT2D eigenvalue weighted by atomic mass is 9.80. The zero-order valence-electron chi connectivity index (χ0n) is 16.9. The Morgan fingerprint density at radius 2 is 1.93 bits per heavy atom. The van der Waals surface area contributed by atoms with E-state index in [-0.39, 0.29) is 12.6 Å². The number of nitrogens with zero attached hydrogens (tertiary/aromatic N) is 4. The molecule has 2 N–H and O–H groups in total. The number of aromatic nitrogens is 3. The largest absolute Gasteiger partial charge is 0.462 e. The average Bonchev–Trinajstić information content (AvgIpc) is 3.16. The minimum atomic E-state index is -0.851. The van der Waals surface area contributed by atoms with Gasteiger partial charge in [-0.1, -0.05) is 6.07 Å². The van der Waals surface area contributed by atoms with Crippen molar-refractivity contribution in [3.8, 4) is 22.8 Å². The van der Waals surface area contributed by atoms with Crippen molar-refractivity contribution in [2.24, 2.45) is 10.7 Å². The number of benzene rings is 1. The van der Waals surface area contributed by atoms with Gasteiger partial charge in [0, 0.05) is 30.0 Å². The lowest BCUT2D eigenvalue weighted by Crippen LogP contribution is -2.32. The van der Waals surface area contributed by atoms with Gasteiger partial charge in [-0.3, -0.25) is 0 Å². The molecular weight excluding hydrogens is 382 g/mol. The van der Waals surface area contributed by atoms with E-state index in [0.717, 1.165) is 27.8 Å². The Hall–Kier alpha value is -3.52. The van der Waals surface area contributed by atoms with Crippen LogP contribution in [-0.4, -0.2) is 34.9 Å². The Kier molecular flexibility index (Phi) is 4.01. The monoisotopic (exact) mass is 403 g/mol. The summed E-state index contributed by atoms with van der Waals surface area (Å²) in [4.78, 5) is 9.30. The van der Waals surface area contributed by atoms with Crippen LogP contribution in [0.15, 0.2) is 53.9 Å².